The molecule has 0 saturated carbocycles. The van der Waals surface area contributed by atoms with E-state index in [-0.39, 0.29) is 18.0 Å². The Labute approximate surface area is 115 Å². The van der Waals surface area contributed by atoms with Crippen LogP contribution in [0.5, 0.6) is 5.75 Å². The lowest BCUT2D eigenvalue weighted by atomic mass is 10.2. The number of hydrazine groups is 1. The van der Waals surface area contributed by atoms with E-state index in [0.717, 1.165) is 5.56 Å². The number of aryl methyl sites for hydroxylation is 1. The number of hydrogen-bond donors (Lipinski definition) is 2. The topological polar surface area (TPSA) is 103 Å². The van der Waals surface area contributed by atoms with Crippen molar-refractivity contribution in [1.29, 1.82) is 0 Å². The van der Waals surface area contributed by atoms with Crippen molar-refractivity contribution >= 4 is 11.5 Å². The smallest absolute Gasteiger partial charge is 0.310 e. The number of rotatable bonds is 5. The highest BCUT2D eigenvalue weighted by atomic mass is 16.6. The average molecular weight is 274 g/mol. The fourth-order valence-corrected chi connectivity index (χ4v) is 1.68. The predicted octanol–water partition coefficient (Wildman–Crippen LogP) is 2.16. The van der Waals surface area contributed by atoms with Crippen LogP contribution in [0, 0.1) is 17.0 Å². The summed E-state index contributed by atoms with van der Waals surface area (Å²) >= 11 is 0. The summed E-state index contributed by atoms with van der Waals surface area (Å²) in [5.41, 5.74) is 3.87. The number of ether oxygens (including phenoxy) is 1. The van der Waals surface area contributed by atoms with Gasteiger partial charge in [-0.15, -0.1) is 0 Å². The Morgan fingerprint density at radius 2 is 2.20 bits per heavy atom. The van der Waals surface area contributed by atoms with Crippen LogP contribution in [0.4, 0.5) is 11.5 Å². The van der Waals surface area contributed by atoms with Crippen molar-refractivity contribution in [1.82, 2.24) is 4.98 Å². The molecule has 0 aliphatic heterocycles. The summed E-state index contributed by atoms with van der Waals surface area (Å²) in [6.07, 6.45) is 0. The zero-order valence-corrected chi connectivity index (χ0v) is 10.9. The van der Waals surface area contributed by atoms with Gasteiger partial charge in [-0.2, -0.15) is 0 Å². The maximum absolute atomic E-state index is 10.9. The van der Waals surface area contributed by atoms with Gasteiger partial charge in [0.2, 0.25) is 0 Å². The number of nitrogen functional groups attached to an aromatic ring is 1. The number of pyridine rings is 1. The molecular formula is C13H14N4O3. The highest BCUT2D eigenvalue weighted by molar-refractivity contribution is 5.48. The summed E-state index contributed by atoms with van der Waals surface area (Å²) in [7, 11) is 0. The Morgan fingerprint density at radius 1 is 1.40 bits per heavy atom. The van der Waals surface area contributed by atoms with Gasteiger partial charge in [-0.25, -0.2) is 10.8 Å². The number of hydrogen-bond acceptors (Lipinski definition) is 6. The highest BCUT2D eigenvalue weighted by Gasteiger charge is 2.15. The quantitative estimate of drug-likeness (QED) is 0.492. The largest absolute Gasteiger partial charge is 0.480 e. The summed E-state index contributed by atoms with van der Waals surface area (Å²) < 4.78 is 5.49. The molecular weight excluding hydrogens is 260 g/mol. The molecule has 0 spiro atoms. The average Bonchev–Trinajstić information content (AvgIpc) is 2.45. The number of nitrogens with zero attached hydrogens (tertiary/aromatic N) is 2. The van der Waals surface area contributed by atoms with Crippen molar-refractivity contribution in [3.05, 3.63) is 57.8 Å². The van der Waals surface area contributed by atoms with Gasteiger partial charge in [-0.3, -0.25) is 10.1 Å². The van der Waals surface area contributed by atoms with Gasteiger partial charge < -0.3 is 10.2 Å². The van der Waals surface area contributed by atoms with Crippen LogP contribution < -0.4 is 16.0 Å². The second kappa shape index (κ2) is 5.98. The van der Waals surface area contributed by atoms with E-state index in [1.807, 2.05) is 6.92 Å². The molecule has 0 bridgehead atoms. The van der Waals surface area contributed by atoms with Gasteiger partial charge in [-0.1, -0.05) is 12.1 Å². The molecule has 7 heteroatoms. The van der Waals surface area contributed by atoms with E-state index in [0.29, 0.717) is 11.5 Å². The molecule has 0 aliphatic rings. The number of nitro benzene ring substituents is 1. The molecule has 0 fully saturated rings. The lowest BCUT2D eigenvalue weighted by Crippen LogP contribution is -2.10. The van der Waals surface area contributed by atoms with E-state index in [4.69, 9.17) is 10.6 Å². The molecule has 0 saturated heterocycles. The molecule has 1 heterocycles. The Morgan fingerprint density at radius 3 is 2.90 bits per heavy atom. The van der Waals surface area contributed by atoms with Crippen LogP contribution in [-0.4, -0.2) is 9.91 Å². The van der Waals surface area contributed by atoms with Crippen molar-refractivity contribution in [3.63, 3.8) is 0 Å². The van der Waals surface area contributed by atoms with Crippen LogP contribution in [0.15, 0.2) is 36.4 Å². The maximum atomic E-state index is 10.9. The van der Waals surface area contributed by atoms with Crippen LogP contribution in [-0.2, 0) is 6.61 Å². The zero-order valence-electron chi connectivity index (χ0n) is 10.9. The third-order valence-corrected chi connectivity index (χ3v) is 2.64. The third kappa shape index (κ3) is 3.21. The number of nitrogens with two attached hydrogens (primary N) is 1. The molecule has 3 N–H and O–H groups in total. The van der Waals surface area contributed by atoms with Gasteiger partial charge in [0.05, 0.1) is 10.6 Å². The summed E-state index contributed by atoms with van der Waals surface area (Å²) in [5, 5.41) is 10.9. The van der Waals surface area contributed by atoms with Crippen molar-refractivity contribution in [3.8, 4) is 5.75 Å². The van der Waals surface area contributed by atoms with Gasteiger partial charge in [0.25, 0.3) is 0 Å². The molecule has 0 amide bonds. The predicted molar refractivity (Wildman–Crippen MR) is 74.2 cm³/mol. The summed E-state index contributed by atoms with van der Waals surface area (Å²) in [6, 6.07) is 9.95. The fraction of sp³-hybridized carbons (Fsp3) is 0.154. The van der Waals surface area contributed by atoms with Crippen molar-refractivity contribution in [2.75, 3.05) is 5.43 Å². The number of nitro groups is 1. The Balaban J connectivity index is 2.17. The molecule has 20 heavy (non-hydrogen) atoms. The van der Waals surface area contributed by atoms with Crippen LogP contribution >= 0.6 is 0 Å². The van der Waals surface area contributed by atoms with E-state index in [1.165, 1.54) is 6.07 Å². The number of anilines is 1. The third-order valence-electron chi connectivity index (χ3n) is 2.64. The first kappa shape index (κ1) is 13.8. The minimum Gasteiger partial charge on any atom is -0.480 e. The monoisotopic (exact) mass is 274 g/mol. The Kier molecular flexibility index (Phi) is 4.11. The Bertz CT molecular complexity index is 631. The molecule has 2 rings (SSSR count). The SMILES string of the molecule is Cc1ccc([N+](=O)[O-])c(OCc2cccc(NN)n2)c1. The van der Waals surface area contributed by atoms with Crippen molar-refractivity contribution < 1.29 is 9.66 Å². The fourth-order valence-electron chi connectivity index (χ4n) is 1.68. The second-order valence-electron chi connectivity index (χ2n) is 4.18. The van der Waals surface area contributed by atoms with E-state index >= 15 is 0 Å². The van der Waals surface area contributed by atoms with E-state index in [1.54, 1.807) is 30.3 Å². The van der Waals surface area contributed by atoms with Crippen molar-refractivity contribution in [2.45, 2.75) is 13.5 Å². The maximum Gasteiger partial charge on any atom is 0.310 e. The van der Waals surface area contributed by atoms with Gasteiger partial charge >= 0.3 is 5.69 Å². The van der Waals surface area contributed by atoms with Gasteiger partial charge in [-0.05, 0) is 30.7 Å². The Hall–Kier alpha value is -2.67. The van der Waals surface area contributed by atoms with Crippen LogP contribution in [0.3, 0.4) is 0 Å². The van der Waals surface area contributed by atoms with Crippen LogP contribution in [0.25, 0.3) is 0 Å². The summed E-state index contributed by atoms with van der Waals surface area (Å²) in [5.74, 6) is 6.00. The first-order valence-corrected chi connectivity index (χ1v) is 5.90. The molecule has 0 atom stereocenters. The number of nitrogens with one attached hydrogen (secondary N) is 1. The first-order chi connectivity index (χ1) is 9.60. The molecule has 0 aliphatic carbocycles. The zero-order chi connectivity index (χ0) is 14.5. The highest BCUT2D eigenvalue weighted by Crippen LogP contribution is 2.28. The molecule has 2 aromatic rings. The molecule has 7 nitrogen and oxygen atoms in total. The van der Waals surface area contributed by atoms with Crippen molar-refractivity contribution in [2.24, 2.45) is 5.84 Å². The minimum absolute atomic E-state index is 0.0660. The number of benzene rings is 1. The van der Waals surface area contributed by atoms with E-state index in [9.17, 15) is 10.1 Å². The van der Waals surface area contributed by atoms with Gasteiger partial charge in [0.1, 0.15) is 12.4 Å². The molecule has 0 radical (unpaired) electrons. The second-order valence-corrected chi connectivity index (χ2v) is 4.18. The lowest BCUT2D eigenvalue weighted by molar-refractivity contribution is -0.386. The van der Waals surface area contributed by atoms with Crippen LogP contribution in [0.2, 0.25) is 0 Å². The molecule has 1 aromatic heterocycles. The van der Waals surface area contributed by atoms with E-state index < -0.39 is 4.92 Å². The standard InChI is InChI=1S/C13H14N4O3/c1-9-5-6-11(17(18)19)12(7-9)20-8-10-3-2-4-13(15-10)16-14/h2-7H,8,14H2,1H3,(H,15,16). The molecule has 1 aromatic carbocycles. The van der Waals surface area contributed by atoms with Gasteiger partial charge in [0, 0.05) is 6.07 Å². The number of aromatic nitrogens is 1. The molecule has 104 valence electrons. The minimum atomic E-state index is -0.472. The van der Waals surface area contributed by atoms with E-state index in [2.05, 4.69) is 10.4 Å². The summed E-state index contributed by atoms with van der Waals surface area (Å²) in [6.45, 7) is 1.97. The first-order valence-electron chi connectivity index (χ1n) is 5.90. The normalized spacial score (nSPS) is 10.1. The lowest BCUT2D eigenvalue weighted by Gasteiger charge is -2.08. The van der Waals surface area contributed by atoms with Crippen LogP contribution in [0.1, 0.15) is 11.3 Å². The molecule has 0 unspecified atom stereocenters. The summed E-state index contributed by atoms with van der Waals surface area (Å²) in [4.78, 5) is 14.6. The van der Waals surface area contributed by atoms with Gasteiger partial charge in [0.15, 0.2) is 5.75 Å².